The van der Waals surface area contributed by atoms with Gasteiger partial charge < -0.3 is 9.64 Å². The van der Waals surface area contributed by atoms with Gasteiger partial charge in [0, 0.05) is 32.6 Å². The molecule has 1 fully saturated rings. The number of hydrogen-bond donors (Lipinski definition) is 0. The van der Waals surface area contributed by atoms with Crippen molar-refractivity contribution in [2.75, 3.05) is 20.2 Å². The van der Waals surface area contributed by atoms with Crippen molar-refractivity contribution in [1.82, 2.24) is 24.6 Å². The lowest BCUT2D eigenvalue weighted by Crippen LogP contribution is -2.40. The Morgan fingerprint density at radius 3 is 2.64 bits per heavy atom. The normalized spacial score (nSPS) is 15.0. The molecule has 4 rings (SSSR count). The standard InChI is InChI=1S/C21H23N5O2/c1-15-5-6-18(23-13-15)20-12-19(24-26(20)16-4-3-9-22-14-16)21(27)25-10-7-17(28-2)8-11-25/h3-6,9,12-14,17H,7-8,10-11H2,1-2H3. The second kappa shape index (κ2) is 7.90. The molecule has 0 bridgehead atoms. The lowest BCUT2D eigenvalue weighted by molar-refractivity contribution is 0.0347. The van der Waals surface area contributed by atoms with Gasteiger partial charge in [-0.1, -0.05) is 6.07 Å². The summed E-state index contributed by atoms with van der Waals surface area (Å²) in [6.07, 6.45) is 7.17. The highest BCUT2D eigenvalue weighted by Gasteiger charge is 2.26. The van der Waals surface area contributed by atoms with Crippen LogP contribution in [0.3, 0.4) is 0 Å². The Bertz CT molecular complexity index is 945. The second-order valence-electron chi connectivity index (χ2n) is 6.99. The van der Waals surface area contributed by atoms with E-state index in [9.17, 15) is 4.79 Å². The van der Waals surface area contributed by atoms with E-state index in [1.54, 1.807) is 24.2 Å². The maximum Gasteiger partial charge on any atom is 0.274 e. The van der Waals surface area contributed by atoms with Crippen molar-refractivity contribution >= 4 is 5.91 Å². The van der Waals surface area contributed by atoms with Gasteiger partial charge >= 0.3 is 0 Å². The summed E-state index contributed by atoms with van der Waals surface area (Å²) in [5.41, 5.74) is 3.81. The quantitative estimate of drug-likeness (QED) is 0.699. The Morgan fingerprint density at radius 1 is 1.18 bits per heavy atom. The number of piperidine rings is 1. The summed E-state index contributed by atoms with van der Waals surface area (Å²) >= 11 is 0. The van der Waals surface area contributed by atoms with E-state index in [0.717, 1.165) is 35.5 Å². The first-order valence-corrected chi connectivity index (χ1v) is 9.41. The summed E-state index contributed by atoms with van der Waals surface area (Å²) in [5, 5.41) is 4.61. The molecule has 1 aliphatic heterocycles. The van der Waals surface area contributed by atoms with Crippen LogP contribution in [0.15, 0.2) is 48.9 Å². The van der Waals surface area contributed by atoms with Gasteiger partial charge in [0.15, 0.2) is 5.69 Å². The van der Waals surface area contributed by atoms with Crippen molar-refractivity contribution in [3.63, 3.8) is 0 Å². The topological polar surface area (TPSA) is 73.1 Å². The van der Waals surface area contributed by atoms with Crippen molar-refractivity contribution in [2.24, 2.45) is 0 Å². The second-order valence-corrected chi connectivity index (χ2v) is 6.99. The van der Waals surface area contributed by atoms with Crippen molar-refractivity contribution in [2.45, 2.75) is 25.9 Å². The molecule has 0 aromatic carbocycles. The lowest BCUT2D eigenvalue weighted by atomic mass is 10.1. The molecule has 0 aliphatic carbocycles. The molecule has 4 heterocycles. The third-order valence-electron chi connectivity index (χ3n) is 5.06. The van der Waals surface area contributed by atoms with E-state index in [4.69, 9.17) is 4.74 Å². The maximum atomic E-state index is 13.1. The average molecular weight is 377 g/mol. The first kappa shape index (κ1) is 18.3. The highest BCUT2D eigenvalue weighted by molar-refractivity contribution is 5.93. The van der Waals surface area contributed by atoms with Crippen LogP contribution in [0.2, 0.25) is 0 Å². The highest BCUT2D eigenvalue weighted by Crippen LogP contribution is 2.24. The van der Waals surface area contributed by atoms with Crippen molar-refractivity contribution < 1.29 is 9.53 Å². The van der Waals surface area contributed by atoms with E-state index in [1.807, 2.05) is 48.4 Å². The summed E-state index contributed by atoms with van der Waals surface area (Å²) in [6, 6.07) is 9.52. The average Bonchev–Trinajstić information content (AvgIpc) is 3.20. The number of hydrogen-bond acceptors (Lipinski definition) is 5. The third-order valence-corrected chi connectivity index (χ3v) is 5.06. The van der Waals surface area contributed by atoms with Gasteiger partial charge in [-0.25, -0.2) is 4.68 Å². The molecule has 1 saturated heterocycles. The summed E-state index contributed by atoms with van der Waals surface area (Å²) in [6.45, 7) is 3.35. The molecule has 7 heteroatoms. The van der Waals surface area contributed by atoms with E-state index < -0.39 is 0 Å². The SMILES string of the molecule is COC1CCN(C(=O)c2cc(-c3ccc(C)cn3)n(-c3cccnc3)n2)CC1. The number of rotatable bonds is 4. The maximum absolute atomic E-state index is 13.1. The molecule has 0 saturated carbocycles. The number of likely N-dealkylation sites (tertiary alicyclic amines) is 1. The fourth-order valence-electron chi connectivity index (χ4n) is 3.42. The minimum atomic E-state index is -0.0643. The van der Waals surface area contributed by atoms with Gasteiger partial charge in [0.2, 0.25) is 0 Å². The number of amides is 1. The number of aryl methyl sites for hydroxylation is 1. The number of carbonyl (C=O) groups excluding carboxylic acids is 1. The minimum absolute atomic E-state index is 0.0643. The van der Waals surface area contributed by atoms with Gasteiger partial charge in [-0.15, -0.1) is 0 Å². The number of ether oxygens (including phenoxy) is 1. The molecule has 0 radical (unpaired) electrons. The molecule has 0 spiro atoms. The van der Waals surface area contributed by atoms with Gasteiger partial charge in [-0.3, -0.25) is 14.8 Å². The summed E-state index contributed by atoms with van der Waals surface area (Å²) < 4.78 is 7.14. The molecular weight excluding hydrogens is 354 g/mol. The van der Waals surface area contributed by atoms with E-state index in [-0.39, 0.29) is 12.0 Å². The van der Waals surface area contributed by atoms with E-state index in [1.165, 1.54) is 0 Å². The molecule has 0 atom stereocenters. The Labute approximate surface area is 164 Å². The molecule has 144 valence electrons. The predicted octanol–water partition coefficient (Wildman–Crippen LogP) is 2.89. The van der Waals surface area contributed by atoms with Crippen LogP contribution in [0.1, 0.15) is 28.9 Å². The molecule has 3 aromatic heterocycles. The Kier molecular flexibility index (Phi) is 5.16. The van der Waals surface area contributed by atoms with Crippen LogP contribution in [-0.4, -0.2) is 56.9 Å². The van der Waals surface area contributed by atoms with Crippen LogP contribution in [0.5, 0.6) is 0 Å². The monoisotopic (exact) mass is 377 g/mol. The van der Waals surface area contributed by atoms with Crippen LogP contribution in [0.4, 0.5) is 0 Å². The summed E-state index contributed by atoms with van der Waals surface area (Å²) in [7, 11) is 1.72. The zero-order valence-electron chi connectivity index (χ0n) is 16.1. The number of methoxy groups -OCH3 is 1. The Balaban J connectivity index is 1.69. The van der Waals surface area contributed by atoms with Crippen molar-refractivity contribution in [3.05, 3.63) is 60.2 Å². The fraction of sp³-hybridized carbons (Fsp3) is 0.333. The third kappa shape index (κ3) is 3.66. The minimum Gasteiger partial charge on any atom is -0.381 e. The van der Waals surface area contributed by atoms with Gasteiger partial charge in [0.1, 0.15) is 0 Å². The highest BCUT2D eigenvalue weighted by atomic mass is 16.5. The molecular formula is C21H23N5O2. The molecule has 3 aromatic rings. The van der Waals surface area contributed by atoms with Crippen LogP contribution in [-0.2, 0) is 4.74 Å². The summed E-state index contributed by atoms with van der Waals surface area (Å²) in [4.78, 5) is 23.6. The largest absolute Gasteiger partial charge is 0.381 e. The van der Waals surface area contributed by atoms with Gasteiger partial charge in [0.05, 0.1) is 29.4 Å². The van der Waals surface area contributed by atoms with Crippen LogP contribution in [0.25, 0.3) is 17.1 Å². The van der Waals surface area contributed by atoms with Gasteiger partial charge in [-0.2, -0.15) is 5.10 Å². The first-order chi connectivity index (χ1) is 13.7. The van der Waals surface area contributed by atoms with Crippen LogP contribution >= 0.6 is 0 Å². The molecule has 7 nitrogen and oxygen atoms in total. The van der Waals surface area contributed by atoms with E-state index >= 15 is 0 Å². The van der Waals surface area contributed by atoms with Crippen LogP contribution < -0.4 is 0 Å². The van der Waals surface area contributed by atoms with E-state index in [2.05, 4.69) is 15.1 Å². The zero-order valence-corrected chi connectivity index (χ0v) is 16.1. The Morgan fingerprint density at radius 2 is 2.00 bits per heavy atom. The number of aromatic nitrogens is 4. The van der Waals surface area contributed by atoms with Crippen molar-refractivity contribution in [1.29, 1.82) is 0 Å². The zero-order chi connectivity index (χ0) is 19.5. The number of pyridine rings is 2. The van der Waals surface area contributed by atoms with Crippen LogP contribution in [0, 0.1) is 6.92 Å². The Hall–Kier alpha value is -3.06. The first-order valence-electron chi connectivity index (χ1n) is 9.41. The summed E-state index contributed by atoms with van der Waals surface area (Å²) in [5.74, 6) is -0.0643. The molecule has 28 heavy (non-hydrogen) atoms. The van der Waals surface area contributed by atoms with Gasteiger partial charge in [0.25, 0.3) is 5.91 Å². The number of nitrogens with zero attached hydrogens (tertiary/aromatic N) is 5. The fourth-order valence-corrected chi connectivity index (χ4v) is 3.42. The number of carbonyl (C=O) groups is 1. The van der Waals surface area contributed by atoms with E-state index in [0.29, 0.717) is 18.8 Å². The predicted molar refractivity (Wildman–Crippen MR) is 105 cm³/mol. The molecule has 1 aliphatic rings. The lowest BCUT2D eigenvalue weighted by Gasteiger charge is -2.30. The molecule has 0 N–H and O–H groups in total. The molecule has 0 unspecified atom stereocenters. The molecule has 1 amide bonds. The van der Waals surface area contributed by atoms with Crippen molar-refractivity contribution in [3.8, 4) is 17.1 Å². The van der Waals surface area contributed by atoms with Gasteiger partial charge in [-0.05, 0) is 49.6 Å². The smallest absolute Gasteiger partial charge is 0.274 e.